The molecule has 6 heteroatoms. The molecule has 2 aromatic carbocycles. The van der Waals surface area contributed by atoms with Crippen LogP contribution in [0.5, 0.6) is 0 Å². The maximum atomic E-state index is 13.2. The van der Waals surface area contributed by atoms with Crippen LogP contribution in [0.1, 0.15) is 60.8 Å². The Morgan fingerprint density at radius 1 is 1.13 bits per heavy atom. The first-order chi connectivity index (χ1) is 14.2. The summed E-state index contributed by atoms with van der Waals surface area (Å²) in [5, 5.41) is 0. The topological polar surface area (TPSA) is 20.3 Å². The van der Waals surface area contributed by atoms with Gasteiger partial charge in [0.25, 0.3) is 0 Å². The molecular formula is C24H25BrF3NO. The lowest BCUT2D eigenvalue weighted by Gasteiger charge is -2.41. The van der Waals surface area contributed by atoms with Crippen molar-refractivity contribution in [2.24, 2.45) is 0 Å². The maximum Gasteiger partial charge on any atom is 0.416 e. The van der Waals surface area contributed by atoms with Gasteiger partial charge in [0.2, 0.25) is 5.91 Å². The largest absolute Gasteiger partial charge is 0.416 e. The molecular weight excluding hydrogens is 455 g/mol. The van der Waals surface area contributed by atoms with Gasteiger partial charge in [-0.05, 0) is 60.4 Å². The Bertz CT molecular complexity index is 948. The van der Waals surface area contributed by atoms with E-state index >= 15 is 0 Å². The van der Waals surface area contributed by atoms with Gasteiger partial charge in [-0.1, -0.05) is 53.2 Å². The molecule has 1 atom stereocenters. The van der Waals surface area contributed by atoms with Crippen molar-refractivity contribution in [1.82, 2.24) is 4.90 Å². The molecule has 1 amide bonds. The molecule has 2 nitrogen and oxygen atoms in total. The highest BCUT2D eigenvalue weighted by Gasteiger charge is 2.45. The zero-order valence-corrected chi connectivity index (χ0v) is 18.5. The zero-order valence-electron chi connectivity index (χ0n) is 16.9. The molecule has 2 aliphatic rings. The van der Waals surface area contributed by atoms with Crippen LogP contribution in [0.4, 0.5) is 13.2 Å². The summed E-state index contributed by atoms with van der Waals surface area (Å²) in [5.74, 6) is 0.443. The van der Waals surface area contributed by atoms with Gasteiger partial charge < -0.3 is 4.90 Å². The van der Waals surface area contributed by atoms with Crippen molar-refractivity contribution in [1.29, 1.82) is 0 Å². The molecule has 1 aliphatic heterocycles. The van der Waals surface area contributed by atoms with Crippen LogP contribution in [0.2, 0.25) is 0 Å². The van der Waals surface area contributed by atoms with E-state index in [2.05, 4.69) is 41.1 Å². The highest BCUT2D eigenvalue weighted by Crippen LogP contribution is 2.53. The van der Waals surface area contributed by atoms with E-state index in [4.69, 9.17) is 0 Å². The number of rotatable bonds is 3. The summed E-state index contributed by atoms with van der Waals surface area (Å²) in [5.41, 5.74) is 2.43. The molecule has 1 spiro atoms. The summed E-state index contributed by atoms with van der Waals surface area (Å²) >= 11 is 3.73. The van der Waals surface area contributed by atoms with Crippen molar-refractivity contribution in [2.45, 2.75) is 56.5 Å². The number of halogens is 4. The van der Waals surface area contributed by atoms with Crippen LogP contribution >= 0.6 is 15.9 Å². The van der Waals surface area contributed by atoms with E-state index in [-0.39, 0.29) is 29.7 Å². The first-order valence-electron chi connectivity index (χ1n) is 10.4. The quantitative estimate of drug-likeness (QED) is 0.493. The smallest absolute Gasteiger partial charge is 0.343 e. The van der Waals surface area contributed by atoms with E-state index in [9.17, 15) is 18.0 Å². The van der Waals surface area contributed by atoms with Crippen molar-refractivity contribution in [2.75, 3.05) is 13.1 Å². The predicted octanol–water partition coefficient (Wildman–Crippen LogP) is 6.47. The third kappa shape index (κ3) is 3.91. The first-order valence-corrected chi connectivity index (χ1v) is 11.2. The Kier molecular flexibility index (Phi) is 5.73. The number of amides is 1. The second-order valence-corrected chi connectivity index (χ2v) is 9.48. The molecule has 0 bridgehead atoms. The summed E-state index contributed by atoms with van der Waals surface area (Å²) in [4.78, 5) is 14.6. The molecule has 160 valence electrons. The van der Waals surface area contributed by atoms with Gasteiger partial charge in [-0.3, -0.25) is 4.79 Å². The number of hydrogen-bond donors (Lipinski definition) is 0. The normalized spacial score (nSPS) is 20.4. The molecule has 0 N–H and O–H groups in total. The van der Waals surface area contributed by atoms with Crippen LogP contribution in [0.25, 0.3) is 0 Å². The minimum atomic E-state index is -4.39. The van der Waals surface area contributed by atoms with Crippen molar-refractivity contribution < 1.29 is 18.0 Å². The molecule has 1 heterocycles. The highest BCUT2D eigenvalue weighted by atomic mass is 79.9. The van der Waals surface area contributed by atoms with Gasteiger partial charge in [-0.2, -0.15) is 13.2 Å². The SMILES string of the molecule is CC1CC2(CCN(C(=O)CCc3ccccc3C(F)(F)F)CC2)c2c(Br)cccc21. The summed E-state index contributed by atoms with van der Waals surface area (Å²) < 4.78 is 40.7. The molecule has 1 unspecified atom stereocenters. The van der Waals surface area contributed by atoms with Crippen LogP contribution in [0.15, 0.2) is 46.9 Å². The molecule has 1 fully saturated rings. The second kappa shape index (κ2) is 8.03. The molecule has 0 radical (unpaired) electrons. The van der Waals surface area contributed by atoms with Crippen LogP contribution in [-0.2, 0) is 22.8 Å². The summed E-state index contributed by atoms with van der Waals surface area (Å²) in [6.07, 6.45) is -1.28. The number of fused-ring (bicyclic) bond motifs is 2. The third-order valence-electron chi connectivity index (χ3n) is 6.81. The first kappa shape index (κ1) is 21.4. The lowest BCUT2D eigenvalue weighted by molar-refractivity contribution is -0.139. The Labute approximate surface area is 183 Å². The van der Waals surface area contributed by atoms with Crippen molar-refractivity contribution in [3.05, 3.63) is 69.2 Å². The Morgan fingerprint density at radius 2 is 1.83 bits per heavy atom. The molecule has 4 rings (SSSR count). The van der Waals surface area contributed by atoms with Gasteiger partial charge >= 0.3 is 6.18 Å². The Balaban J connectivity index is 1.41. The van der Waals surface area contributed by atoms with Crippen LogP contribution in [0.3, 0.4) is 0 Å². The van der Waals surface area contributed by atoms with E-state index in [1.54, 1.807) is 6.07 Å². The van der Waals surface area contributed by atoms with Gasteiger partial charge in [0.1, 0.15) is 0 Å². The fourth-order valence-electron chi connectivity index (χ4n) is 5.36. The second-order valence-electron chi connectivity index (χ2n) is 8.63. The number of benzene rings is 2. The van der Waals surface area contributed by atoms with E-state index < -0.39 is 11.7 Å². The predicted molar refractivity (Wildman–Crippen MR) is 114 cm³/mol. The third-order valence-corrected chi connectivity index (χ3v) is 7.47. The molecule has 2 aromatic rings. The highest BCUT2D eigenvalue weighted by molar-refractivity contribution is 9.10. The van der Waals surface area contributed by atoms with E-state index in [1.165, 1.54) is 23.3 Å². The minimum absolute atomic E-state index is 0.0553. The average Bonchev–Trinajstić information content (AvgIpc) is 2.99. The zero-order chi connectivity index (χ0) is 21.5. The molecule has 0 saturated carbocycles. The van der Waals surface area contributed by atoms with Gasteiger partial charge in [-0.15, -0.1) is 0 Å². The summed E-state index contributed by atoms with van der Waals surface area (Å²) in [6.45, 7) is 3.58. The fraction of sp³-hybridized carbons (Fsp3) is 0.458. The van der Waals surface area contributed by atoms with Crippen molar-refractivity contribution in [3.8, 4) is 0 Å². The van der Waals surface area contributed by atoms with Gasteiger partial charge in [0, 0.05) is 29.4 Å². The Morgan fingerprint density at radius 3 is 2.53 bits per heavy atom. The van der Waals surface area contributed by atoms with Crippen LogP contribution < -0.4 is 0 Å². The van der Waals surface area contributed by atoms with Crippen molar-refractivity contribution >= 4 is 21.8 Å². The lowest BCUT2D eigenvalue weighted by atomic mass is 9.73. The van der Waals surface area contributed by atoms with E-state index in [0.717, 1.165) is 29.8 Å². The molecule has 1 saturated heterocycles. The number of alkyl halides is 3. The molecule has 30 heavy (non-hydrogen) atoms. The van der Waals surface area contributed by atoms with Crippen LogP contribution in [-0.4, -0.2) is 23.9 Å². The van der Waals surface area contributed by atoms with E-state index in [1.807, 2.05) is 4.90 Å². The number of carbonyl (C=O) groups is 1. The fourth-order valence-corrected chi connectivity index (χ4v) is 6.16. The minimum Gasteiger partial charge on any atom is -0.343 e. The number of aryl methyl sites for hydroxylation is 1. The summed E-state index contributed by atoms with van der Waals surface area (Å²) in [6, 6.07) is 11.9. The summed E-state index contributed by atoms with van der Waals surface area (Å²) in [7, 11) is 0. The van der Waals surface area contributed by atoms with Gasteiger partial charge in [0.15, 0.2) is 0 Å². The number of carbonyl (C=O) groups excluding carboxylic acids is 1. The van der Waals surface area contributed by atoms with Gasteiger partial charge in [0.05, 0.1) is 5.56 Å². The van der Waals surface area contributed by atoms with Gasteiger partial charge in [-0.25, -0.2) is 0 Å². The monoisotopic (exact) mass is 479 g/mol. The maximum absolute atomic E-state index is 13.2. The lowest BCUT2D eigenvalue weighted by Crippen LogP contribution is -2.44. The van der Waals surface area contributed by atoms with Crippen LogP contribution in [0, 0.1) is 0 Å². The number of piperidine rings is 1. The van der Waals surface area contributed by atoms with E-state index in [0.29, 0.717) is 19.0 Å². The Hall–Kier alpha value is -1.82. The number of hydrogen-bond acceptors (Lipinski definition) is 1. The number of likely N-dealkylation sites (tertiary alicyclic amines) is 1. The van der Waals surface area contributed by atoms with Crippen molar-refractivity contribution in [3.63, 3.8) is 0 Å². The number of nitrogens with zero attached hydrogens (tertiary/aromatic N) is 1. The molecule has 1 aliphatic carbocycles. The average molecular weight is 480 g/mol. The standard InChI is InChI=1S/C24H25BrF3NO/c1-16-15-23(22-18(16)6-4-8-20(22)25)11-13-29(14-12-23)21(30)10-9-17-5-2-3-7-19(17)24(26,27)28/h2-8,16H,9-15H2,1H3. The molecule has 0 aromatic heterocycles.